The van der Waals surface area contributed by atoms with Crippen LogP contribution in [0.1, 0.15) is 19.5 Å². The minimum atomic E-state index is 0.850. The Hall–Kier alpha value is -1.31. The molecule has 0 amide bonds. The van der Waals surface area contributed by atoms with Gasteiger partial charge in [0.25, 0.3) is 0 Å². The second-order valence-corrected chi connectivity index (χ2v) is 2.53. The predicted molar refractivity (Wildman–Crippen MR) is 45.0 cm³/mol. The lowest BCUT2D eigenvalue weighted by Crippen LogP contribution is -1.66. The second kappa shape index (κ2) is 3.76. The Kier molecular flexibility index (Phi) is 2.66. The highest BCUT2D eigenvalue weighted by Gasteiger charge is 1.85. The highest BCUT2D eigenvalue weighted by Crippen LogP contribution is 1.98. The first-order chi connectivity index (χ1) is 5.29. The van der Waals surface area contributed by atoms with Crippen LogP contribution in [-0.2, 0) is 0 Å². The molecule has 0 aliphatic rings. The van der Waals surface area contributed by atoms with Gasteiger partial charge in [-0.1, -0.05) is 22.9 Å². The van der Waals surface area contributed by atoms with Crippen molar-refractivity contribution in [3.63, 3.8) is 0 Å². The number of hydrogen-bond donors (Lipinski definition) is 0. The molecule has 0 bridgehead atoms. The molecule has 0 fully saturated rings. The molecule has 0 radical (unpaired) electrons. The third kappa shape index (κ3) is 2.85. The number of hydrogen-bond acceptors (Lipinski definition) is 2. The van der Waals surface area contributed by atoms with Crippen molar-refractivity contribution in [2.45, 2.75) is 13.8 Å². The summed E-state index contributed by atoms with van der Waals surface area (Å²) in [6.07, 6.45) is 7.43. The normalized spacial score (nSPS) is 10.4. The highest BCUT2D eigenvalue weighted by atomic mass is 16.5. The average molecular weight is 149 g/mol. The standard InChI is InChI=1S/C9H11NO/c1-8(2)4-3-5-9-6-7-11-10-9/h3-7H,1-2H3/b5-3+. The molecule has 58 valence electrons. The molecular formula is C9H11NO. The minimum absolute atomic E-state index is 0.850. The van der Waals surface area contributed by atoms with Gasteiger partial charge in [-0.15, -0.1) is 0 Å². The second-order valence-electron chi connectivity index (χ2n) is 2.53. The van der Waals surface area contributed by atoms with Crippen LogP contribution in [-0.4, -0.2) is 5.16 Å². The molecule has 0 aromatic carbocycles. The van der Waals surface area contributed by atoms with E-state index in [2.05, 4.69) is 9.68 Å². The molecule has 0 N–H and O–H groups in total. The van der Waals surface area contributed by atoms with Crippen LogP contribution in [0.4, 0.5) is 0 Å². The Bertz CT molecular complexity index is 253. The Morgan fingerprint density at radius 2 is 2.36 bits per heavy atom. The number of allylic oxidation sites excluding steroid dienone is 3. The molecule has 1 rings (SSSR count). The summed E-state index contributed by atoms with van der Waals surface area (Å²) in [6.45, 7) is 4.10. The molecule has 0 saturated heterocycles. The SMILES string of the molecule is CC(C)=C/C=C/c1ccon1. The van der Waals surface area contributed by atoms with E-state index in [-0.39, 0.29) is 0 Å². The van der Waals surface area contributed by atoms with Gasteiger partial charge in [-0.05, 0) is 19.9 Å². The topological polar surface area (TPSA) is 26.0 Å². The zero-order valence-electron chi connectivity index (χ0n) is 6.74. The van der Waals surface area contributed by atoms with Gasteiger partial charge in [0.1, 0.15) is 12.0 Å². The van der Waals surface area contributed by atoms with Crippen molar-refractivity contribution in [3.8, 4) is 0 Å². The first-order valence-electron chi connectivity index (χ1n) is 3.51. The van der Waals surface area contributed by atoms with Crippen LogP contribution >= 0.6 is 0 Å². The number of rotatable bonds is 2. The van der Waals surface area contributed by atoms with E-state index in [0.29, 0.717) is 0 Å². The molecule has 11 heavy (non-hydrogen) atoms. The molecule has 0 saturated carbocycles. The van der Waals surface area contributed by atoms with E-state index in [1.54, 1.807) is 6.26 Å². The van der Waals surface area contributed by atoms with Gasteiger partial charge in [0.05, 0.1) is 0 Å². The molecule has 0 atom stereocenters. The summed E-state index contributed by atoms with van der Waals surface area (Å²) in [4.78, 5) is 0. The molecule has 0 aliphatic carbocycles. The maximum Gasteiger partial charge on any atom is 0.124 e. The third-order valence-corrected chi connectivity index (χ3v) is 1.15. The van der Waals surface area contributed by atoms with Crippen LogP contribution in [0, 0.1) is 0 Å². The van der Waals surface area contributed by atoms with Crippen molar-refractivity contribution in [3.05, 3.63) is 35.7 Å². The van der Waals surface area contributed by atoms with Crippen molar-refractivity contribution < 1.29 is 4.52 Å². The summed E-state index contributed by atoms with van der Waals surface area (Å²) in [5, 5.41) is 3.72. The van der Waals surface area contributed by atoms with Crippen LogP contribution in [0.5, 0.6) is 0 Å². The fourth-order valence-corrected chi connectivity index (χ4v) is 0.647. The van der Waals surface area contributed by atoms with E-state index < -0.39 is 0 Å². The molecule has 1 aromatic rings. The highest BCUT2D eigenvalue weighted by molar-refractivity contribution is 5.45. The number of nitrogens with zero attached hydrogens (tertiary/aromatic N) is 1. The lowest BCUT2D eigenvalue weighted by atomic mass is 10.3. The van der Waals surface area contributed by atoms with Gasteiger partial charge in [0.2, 0.25) is 0 Å². The summed E-state index contributed by atoms with van der Waals surface area (Å²) < 4.78 is 4.65. The minimum Gasteiger partial charge on any atom is -0.364 e. The van der Waals surface area contributed by atoms with E-state index in [0.717, 1.165) is 5.69 Å². The summed E-state index contributed by atoms with van der Waals surface area (Å²) in [5.74, 6) is 0. The summed E-state index contributed by atoms with van der Waals surface area (Å²) >= 11 is 0. The van der Waals surface area contributed by atoms with Crippen molar-refractivity contribution in [1.29, 1.82) is 0 Å². The van der Waals surface area contributed by atoms with Gasteiger partial charge in [-0.3, -0.25) is 0 Å². The van der Waals surface area contributed by atoms with Gasteiger partial charge in [0.15, 0.2) is 0 Å². The predicted octanol–water partition coefficient (Wildman–Crippen LogP) is 2.65. The summed E-state index contributed by atoms with van der Waals surface area (Å²) in [6, 6.07) is 1.81. The van der Waals surface area contributed by atoms with E-state index >= 15 is 0 Å². The lowest BCUT2D eigenvalue weighted by molar-refractivity contribution is 0.418. The van der Waals surface area contributed by atoms with Crippen LogP contribution < -0.4 is 0 Å². The third-order valence-electron chi connectivity index (χ3n) is 1.15. The van der Waals surface area contributed by atoms with Crippen molar-refractivity contribution in [2.24, 2.45) is 0 Å². The quantitative estimate of drug-likeness (QED) is 0.604. The Morgan fingerprint density at radius 1 is 1.55 bits per heavy atom. The molecular weight excluding hydrogens is 138 g/mol. The largest absolute Gasteiger partial charge is 0.364 e. The lowest BCUT2D eigenvalue weighted by Gasteiger charge is -1.81. The fraction of sp³-hybridized carbons (Fsp3) is 0.222. The van der Waals surface area contributed by atoms with E-state index in [9.17, 15) is 0 Å². The van der Waals surface area contributed by atoms with Crippen LogP contribution in [0.3, 0.4) is 0 Å². The van der Waals surface area contributed by atoms with Crippen molar-refractivity contribution >= 4 is 6.08 Å². The van der Waals surface area contributed by atoms with Gasteiger partial charge in [-0.2, -0.15) is 0 Å². The Balaban J connectivity index is 2.56. The summed E-state index contributed by atoms with van der Waals surface area (Å²) in [7, 11) is 0. The molecule has 0 aliphatic heterocycles. The van der Waals surface area contributed by atoms with Gasteiger partial charge < -0.3 is 4.52 Å². The molecule has 1 heterocycles. The van der Waals surface area contributed by atoms with E-state index in [4.69, 9.17) is 0 Å². The van der Waals surface area contributed by atoms with E-state index in [1.807, 2.05) is 38.1 Å². The molecule has 0 spiro atoms. The van der Waals surface area contributed by atoms with Crippen molar-refractivity contribution in [2.75, 3.05) is 0 Å². The van der Waals surface area contributed by atoms with Crippen LogP contribution in [0.15, 0.2) is 34.6 Å². The summed E-state index contributed by atoms with van der Waals surface area (Å²) in [5.41, 5.74) is 2.12. The maximum absolute atomic E-state index is 4.65. The van der Waals surface area contributed by atoms with Crippen molar-refractivity contribution in [1.82, 2.24) is 5.16 Å². The Morgan fingerprint density at radius 3 is 2.91 bits per heavy atom. The zero-order valence-corrected chi connectivity index (χ0v) is 6.74. The molecule has 0 unspecified atom stereocenters. The average Bonchev–Trinajstić information content (AvgIpc) is 2.39. The van der Waals surface area contributed by atoms with E-state index in [1.165, 1.54) is 5.57 Å². The van der Waals surface area contributed by atoms with Crippen LogP contribution in [0.25, 0.3) is 6.08 Å². The first-order valence-corrected chi connectivity index (χ1v) is 3.51. The van der Waals surface area contributed by atoms with Gasteiger partial charge in [0, 0.05) is 6.07 Å². The fourth-order valence-electron chi connectivity index (χ4n) is 0.647. The number of aromatic nitrogens is 1. The maximum atomic E-state index is 4.65. The van der Waals surface area contributed by atoms with Gasteiger partial charge in [-0.25, -0.2) is 0 Å². The Labute approximate surface area is 66.2 Å². The molecule has 2 heteroatoms. The van der Waals surface area contributed by atoms with Gasteiger partial charge >= 0.3 is 0 Å². The monoisotopic (exact) mass is 149 g/mol. The molecule has 1 aromatic heterocycles. The zero-order chi connectivity index (χ0) is 8.10. The van der Waals surface area contributed by atoms with Crippen LogP contribution in [0.2, 0.25) is 0 Å². The smallest absolute Gasteiger partial charge is 0.124 e. The molecule has 2 nitrogen and oxygen atoms in total. The first kappa shape index (κ1) is 7.79.